The zero-order valence-corrected chi connectivity index (χ0v) is 10.3. The molecule has 0 radical (unpaired) electrons. The van der Waals surface area contributed by atoms with E-state index in [1.54, 1.807) is 0 Å². The number of hydrogen-bond acceptors (Lipinski definition) is 3. The molecule has 3 nitrogen and oxygen atoms in total. The SMILES string of the molecule is CCCC(Cl)c1noc(C2C3CCCC32)n1. The van der Waals surface area contributed by atoms with Gasteiger partial charge in [0.15, 0.2) is 5.82 Å². The Morgan fingerprint density at radius 3 is 2.88 bits per heavy atom. The maximum absolute atomic E-state index is 6.18. The lowest BCUT2D eigenvalue weighted by Crippen LogP contribution is -1.94. The highest BCUT2D eigenvalue weighted by atomic mass is 35.5. The second-order valence-corrected chi connectivity index (χ2v) is 5.56. The molecule has 0 spiro atoms. The summed E-state index contributed by atoms with van der Waals surface area (Å²) < 4.78 is 5.35. The highest BCUT2D eigenvalue weighted by molar-refractivity contribution is 6.20. The molecule has 1 aromatic heterocycles. The van der Waals surface area contributed by atoms with Gasteiger partial charge in [-0.1, -0.05) is 24.9 Å². The number of rotatable bonds is 4. The van der Waals surface area contributed by atoms with Crippen molar-refractivity contribution in [3.05, 3.63) is 11.7 Å². The highest BCUT2D eigenvalue weighted by Crippen LogP contribution is 2.62. The van der Waals surface area contributed by atoms with Crippen LogP contribution in [-0.4, -0.2) is 10.1 Å². The lowest BCUT2D eigenvalue weighted by molar-refractivity contribution is 0.362. The molecule has 3 unspecified atom stereocenters. The Kier molecular flexibility index (Phi) is 2.66. The normalized spacial score (nSPS) is 33.8. The number of fused-ring (bicyclic) bond motifs is 1. The maximum atomic E-state index is 6.18. The molecule has 0 saturated heterocycles. The van der Waals surface area contributed by atoms with Crippen molar-refractivity contribution in [3.63, 3.8) is 0 Å². The third-order valence-electron chi connectivity index (χ3n) is 3.97. The molecule has 3 rings (SSSR count). The van der Waals surface area contributed by atoms with Gasteiger partial charge < -0.3 is 4.52 Å². The molecule has 2 fully saturated rings. The minimum Gasteiger partial charge on any atom is -0.339 e. The van der Waals surface area contributed by atoms with Crippen LogP contribution in [0.15, 0.2) is 4.52 Å². The summed E-state index contributed by atoms with van der Waals surface area (Å²) in [6, 6.07) is 0. The number of hydrogen-bond donors (Lipinski definition) is 0. The van der Waals surface area contributed by atoms with E-state index in [4.69, 9.17) is 16.1 Å². The fraction of sp³-hybridized carbons (Fsp3) is 0.833. The summed E-state index contributed by atoms with van der Waals surface area (Å²) in [5, 5.41) is 3.92. The molecule has 0 amide bonds. The van der Waals surface area contributed by atoms with E-state index in [1.807, 2.05) is 0 Å². The molecule has 2 aliphatic rings. The summed E-state index contributed by atoms with van der Waals surface area (Å²) in [7, 11) is 0. The third kappa shape index (κ3) is 1.65. The van der Waals surface area contributed by atoms with Crippen LogP contribution in [0.2, 0.25) is 0 Å². The molecule has 0 N–H and O–H groups in total. The topological polar surface area (TPSA) is 38.9 Å². The summed E-state index contributed by atoms with van der Waals surface area (Å²) in [5.74, 6) is 3.73. The molecule has 3 atom stereocenters. The fourth-order valence-corrected chi connectivity index (χ4v) is 3.39. The van der Waals surface area contributed by atoms with Crippen molar-refractivity contribution in [2.75, 3.05) is 0 Å². The zero-order valence-electron chi connectivity index (χ0n) is 9.53. The van der Waals surface area contributed by atoms with Gasteiger partial charge >= 0.3 is 0 Å². The van der Waals surface area contributed by atoms with Crippen molar-refractivity contribution in [3.8, 4) is 0 Å². The standard InChI is InChI=1S/C12H17ClN2O/c1-2-4-9(13)11-14-12(16-15-11)10-7-5-3-6-8(7)10/h7-10H,2-6H2,1H3. The van der Waals surface area contributed by atoms with Gasteiger partial charge in [0, 0.05) is 5.92 Å². The van der Waals surface area contributed by atoms with E-state index in [9.17, 15) is 0 Å². The van der Waals surface area contributed by atoms with E-state index >= 15 is 0 Å². The summed E-state index contributed by atoms with van der Waals surface area (Å²) >= 11 is 6.18. The predicted molar refractivity (Wildman–Crippen MR) is 61.4 cm³/mol. The fourth-order valence-electron chi connectivity index (χ4n) is 3.08. The maximum Gasteiger partial charge on any atom is 0.230 e. The van der Waals surface area contributed by atoms with Crippen LogP contribution in [0, 0.1) is 11.8 Å². The van der Waals surface area contributed by atoms with E-state index in [2.05, 4.69) is 17.1 Å². The van der Waals surface area contributed by atoms with E-state index in [0.717, 1.165) is 30.6 Å². The minimum absolute atomic E-state index is 0.0823. The molecule has 1 heterocycles. The Balaban J connectivity index is 1.69. The Labute approximate surface area is 101 Å². The molecule has 88 valence electrons. The molecule has 0 bridgehead atoms. The Bertz CT molecular complexity index is 369. The molecule has 2 saturated carbocycles. The van der Waals surface area contributed by atoms with Crippen LogP contribution >= 0.6 is 11.6 Å². The van der Waals surface area contributed by atoms with Gasteiger partial charge in [-0.2, -0.15) is 4.98 Å². The molecule has 0 aliphatic heterocycles. The lowest BCUT2D eigenvalue weighted by atomic mass is 10.1. The van der Waals surface area contributed by atoms with Gasteiger partial charge in [-0.3, -0.25) is 0 Å². The quantitative estimate of drug-likeness (QED) is 0.754. The second-order valence-electron chi connectivity index (χ2n) is 5.03. The van der Waals surface area contributed by atoms with Crippen molar-refractivity contribution >= 4 is 11.6 Å². The van der Waals surface area contributed by atoms with Crippen molar-refractivity contribution in [2.45, 2.75) is 50.3 Å². The molecule has 16 heavy (non-hydrogen) atoms. The molecular weight excluding hydrogens is 224 g/mol. The lowest BCUT2D eigenvalue weighted by Gasteiger charge is -1.99. The van der Waals surface area contributed by atoms with E-state index in [0.29, 0.717) is 11.7 Å². The van der Waals surface area contributed by atoms with Crippen molar-refractivity contribution in [2.24, 2.45) is 11.8 Å². The first-order valence-corrected chi connectivity index (χ1v) is 6.72. The largest absolute Gasteiger partial charge is 0.339 e. The second kappa shape index (κ2) is 4.02. The Morgan fingerprint density at radius 2 is 2.19 bits per heavy atom. The first-order valence-electron chi connectivity index (χ1n) is 6.28. The van der Waals surface area contributed by atoms with E-state index < -0.39 is 0 Å². The van der Waals surface area contributed by atoms with Crippen LogP contribution in [0.1, 0.15) is 62.0 Å². The molecule has 0 aromatic carbocycles. The summed E-state index contributed by atoms with van der Waals surface area (Å²) in [5.41, 5.74) is 0. The van der Waals surface area contributed by atoms with Crippen LogP contribution in [-0.2, 0) is 0 Å². The molecule has 1 aromatic rings. The van der Waals surface area contributed by atoms with Gasteiger partial charge in [-0.05, 0) is 31.1 Å². The van der Waals surface area contributed by atoms with Gasteiger partial charge in [0.2, 0.25) is 5.89 Å². The van der Waals surface area contributed by atoms with E-state index in [-0.39, 0.29) is 5.38 Å². The van der Waals surface area contributed by atoms with Gasteiger partial charge in [-0.15, -0.1) is 11.6 Å². The van der Waals surface area contributed by atoms with E-state index in [1.165, 1.54) is 19.3 Å². The van der Waals surface area contributed by atoms with Crippen molar-refractivity contribution in [1.82, 2.24) is 10.1 Å². The smallest absolute Gasteiger partial charge is 0.230 e. The van der Waals surface area contributed by atoms with Crippen LogP contribution in [0.5, 0.6) is 0 Å². The first-order chi connectivity index (χ1) is 7.81. The summed E-state index contributed by atoms with van der Waals surface area (Å²) in [4.78, 5) is 4.46. The van der Waals surface area contributed by atoms with Gasteiger partial charge in [0.1, 0.15) is 0 Å². The van der Waals surface area contributed by atoms with Gasteiger partial charge in [0.25, 0.3) is 0 Å². The van der Waals surface area contributed by atoms with Crippen molar-refractivity contribution < 1.29 is 4.52 Å². The number of nitrogens with zero attached hydrogens (tertiary/aromatic N) is 2. The average Bonchev–Trinajstić information content (AvgIpc) is 2.76. The first kappa shape index (κ1) is 10.6. The number of alkyl halides is 1. The number of aromatic nitrogens is 2. The summed E-state index contributed by atoms with van der Waals surface area (Å²) in [6.07, 6.45) is 6.02. The molecular formula is C12H17ClN2O. The minimum atomic E-state index is -0.0823. The third-order valence-corrected chi connectivity index (χ3v) is 4.38. The predicted octanol–water partition coefficient (Wildman–Crippen LogP) is 3.66. The van der Waals surface area contributed by atoms with Gasteiger partial charge in [0.05, 0.1) is 5.38 Å². The van der Waals surface area contributed by atoms with Crippen molar-refractivity contribution in [1.29, 1.82) is 0 Å². The van der Waals surface area contributed by atoms with Gasteiger partial charge in [-0.25, -0.2) is 0 Å². The van der Waals surface area contributed by atoms with Crippen LogP contribution in [0.3, 0.4) is 0 Å². The van der Waals surface area contributed by atoms with Crippen LogP contribution in [0.4, 0.5) is 0 Å². The Hall–Kier alpha value is -0.570. The summed E-state index contributed by atoms with van der Waals surface area (Å²) in [6.45, 7) is 2.11. The molecule has 4 heteroatoms. The highest BCUT2D eigenvalue weighted by Gasteiger charge is 2.56. The Morgan fingerprint density at radius 1 is 1.44 bits per heavy atom. The van der Waals surface area contributed by atoms with Crippen LogP contribution in [0.25, 0.3) is 0 Å². The zero-order chi connectivity index (χ0) is 11.1. The number of halogens is 1. The average molecular weight is 241 g/mol. The monoisotopic (exact) mass is 240 g/mol. The van der Waals surface area contributed by atoms with Crippen LogP contribution < -0.4 is 0 Å². The molecule has 2 aliphatic carbocycles.